The Morgan fingerprint density at radius 3 is 2.39 bits per heavy atom. The summed E-state index contributed by atoms with van der Waals surface area (Å²) in [4.78, 5) is 10.8. The highest BCUT2D eigenvalue weighted by Crippen LogP contribution is 2.20. The zero-order valence-electron chi connectivity index (χ0n) is 9.58. The van der Waals surface area contributed by atoms with Gasteiger partial charge in [0.1, 0.15) is 0 Å². The Morgan fingerprint density at radius 1 is 0.944 bits per heavy atom. The predicted octanol–water partition coefficient (Wildman–Crippen LogP) is 3.33. The van der Waals surface area contributed by atoms with Gasteiger partial charge in [-0.25, -0.2) is 4.79 Å². The number of fused-ring (bicyclic) bond motifs is 1. The fraction of sp³-hybridized carbons (Fsp3) is 0. The standard InChI is InChI=1S/C15H11NO2/c17-15(18)12-5-7-13(8-6-12)16-10-9-11-3-1-2-4-14(11)16/h1-10H,(H,17,18). The van der Waals surface area contributed by atoms with Gasteiger partial charge in [-0.2, -0.15) is 0 Å². The van der Waals surface area contributed by atoms with E-state index in [0.717, 1.165) is 11.2 Å². The second kappa shape index (κ2) is 4.04. The van der Waals surface area contributed by atoms with Gasteiger partial charge in [0.05, 0.1) is 11.1 Å². The van der Waals surface area contributed by atoms with E-state index in [-0.39, 0.29) is 0 Å². The molecule has 3 rings (SSSR count). The molecule has 1 heterocycles. The lowest BCUT2D eigenvalue weighted by Gasteiger charge is -2.05. The number of rotatable bonds is 2. The van der Waals surface area contributed by atoms with Crippen LogP contribution in [0, 0.1) is 0 Å². The molecule has 0 atom stereocenters. The minimum atomic E-state index is -0.904. The monoisotopic (exact) mass is 237 g/mol. The van der Waals surface area contributed by atoms with Crippen molar-refractivity contribution in [1.82, 2.24) is 4.57 Å². The predicted molar refractivity (Wildman–Crippen MR) is 70.2 cm³/mol. The first-order valence-corrected chi connectivity index (χ1v) is 5.65. The minimum Gasteiger partial charge on any atom is -0.478 e. The Hall–Kier alpha value is -2.55. The zero-order valence-corrected chi connectivity index (χ0v) is 9.58. The summed E-state index contributed by atoms with van der Waals surface area (Å²) in [6.07, 6.45) is 1.99. The van der Waals surface area contributed by atoms with Gasteiger partial charge in [-0.05, 0) is 41.8 Å². The Balaban J connectivity index is 2.12. The molecule has 3 aromatic rings. The van der Waals surface area contributed by atoms with E-state index >= 15 is 0 Å². The largest absolute Gasteiger partial charge is 0.478 e. The summed E-state index contributed by atoms with van der Waals surface area (Å²) in [6, 6.07) is 17.0. The molecule has 0 unspecified atom stereocenters. The molecule has 1 N–H and O–H groups in total. The van der Waals surface area contributed by atoms with E-state index < -0.39 is 5.97 Å². The van der Waals surface area contributed by atoms with Gasteiger partial charge in [0.25, 0.3) is 0 Å². The van der Waals surface area contributed by atoms with Gasteiger partial charge in [-0.1, -0.05) is 18.2 Å². The van der Waals surface area contributed by atoms with Gasteiger partial charge in [0.15, 0.2) is 0 Å². The Morgan fingerprint density at radius 2 is 1.67 bits per heavy atom. The number of nitrogens with zero attached hydrogens (tertiary/aromatic N) is 1. The Kier molecular flexibility index (Phi) is 2.38. The summed E-state index contributed by atoms with van der Waals surface area (Å²) in [5.74, 6) is -0.904. The molecule has 2 aromatic carbocycles. The molecule has 3 nitrogen and oxygen atoms in total. The lowest BCUT2D eigenvalue weighted by atomic mass is 10.2. The first-order chi connectivity index (χ1) is 8.75. The van der Waals surface area contributed by atoms with E-state index in [1.807, 2.05) is 47.2 Å². The van der Waals surface area contributed by atoms with E-state index in [4.69, 9.17) is 5.11 Å². The van der Waals surface area contributed by atoms with Crippen molar-refractivity contribution < 1.29 is 9.90 Å². The van der Waals surface area contributed by atoms with Crippen LogP contribution in [0.2, 0.25) is 0 Å². The van der Waals surface area contributed by atoms with E-state index in [0.29, 0.717) is 5.56 Å². The van der Waals surface area contributed by atoms with Gasteiger partial charge in [-0.3, -0.25) is 0 Å². The van der Waals surface area contributed by atoms with Crippen LogP contribution in [0.15, 0.2) is 60.8 Å². The highest BCUT2D eigenvalue weighted by molar-refractivity contribution is 5.88. The number of benzene rings is 2. The van der Waals surface area contributed by atoms with Gasteiger partial charge >= 0.3 is 5.97 Å². The van der Waals surface area contributed by atoms with E-state index in [1.54, 1.807) is 12.1 Å². The van der Waals surface area contributed by atoms with Crippen molar-refractivity contribution in [2.75, 3.05) is 0 Å². The third-order valence-corrected chi connectivity index (χ3v) is 2.99. The van der Waals surface area contributed by atoms with Crippen LogP contribution in [0.1, 0.15) is 10.4 Å². The zero-order chi connectivity index (χ0) is 12.5. The maximum absolute atomic E-state index is 10.8. The SMILES string of the molecule is O=C(O)c1ccc(-n2ccc3ccccc32)cc1. The molecule has 0 aliphatic heterocycles. The fourth-order valence-electron chi connectivity index (χ4n) is 2.07. The number of carbonyl (C=O) groups is 1. The molecule has 0 aliphatic carbocycles. The topological polar surface area (TPSA) is 42.2 Å². The van der Waals surface area contributed by atoms with Gasteiger partial charge in [0, 0.05) is 11.9 Å². The minimum absolute atomic E-state index is 0.301. The van der Waals surface area contributed by atoms with Crippen molar-refractivity contribution in [2.45, 2.75) is 0 Å². The smallest absolute Gasteiger partial charge is 0.335 e. The number of carboxylic acids is 1. The van der Waals surface area contributed by atoms with Gasteiger partial charge < -0.3 is 9.67 Å². The average Bonchev–Trinajstić information content (AvgIpc) is 2.82. The molecule has 0 amide bonds. The lowest BCUT2D eigenvalue weighted by Crippen LogP contribution is -1.97. The number of hydrogen-bond donors (Lipinski definition) is 1. The number of para-hydroxylation sites is 1. The van der Waals surface area contributed by atoms with Crippen LogP contribution in [0.3, 0.4) is 0 Å². The molecule has 88 valence electrons. The lowest BCUT2D eigenvalue weighted by molar-refractivity contribution is 0.0697. The van der Waals surface area contributed by atoms with Crippen molar-refractivity contribution >= 4 is 16.9 Å². The summed E-state index contributed by atoms with van der Waals surface area (Å²) in [7, 11) is 0. The normalized spacial score (nSPS) is 10.7. The van der Waals surface area contributed by atoms with E-state index in [1.165, 1.54) is 5.39 Å². The fourth-order valence-corrected chi connectivity index (χ4v) is 2.07. The van der Waals surface area contributed by atoms with Crippen molar-refractivity contribution in [3.8, 4) is 5.69 Å². The first-order valence-electron chi connectivity index (χ1n) is 5.65. The number of hydrogen-bond acceptors (Lipinski definition) is 1. The highest BCUT2D eigenvalue weighted by Gasteiger charge is 2.04. The molecule has 18 heavy (non-hydrogen) atoms. The summed E-state index contributed by atoms with van der Waals surface area (Å²) in [6.45, 7) is 0. The summed E-state index contributed by atoms with van der Waals surface area (Å²) < 4.78 is 2.04. The van der Waals surface area contributed by atoms with Crippen molar-refractivity contribution in [3.63, 3.8) is 0 Å². The van der Waals surface area contributed by atoms with Crippen LogP contribution in [-0.4, -0.2) is 15.6 Å². The van der Waals surface area contributed by atoms with Crippen molar-refractivity contribution in [2.24, 2.45) is 0 Å². The second-order valence-electron chi connectivity index (χ2n) is 4.10. The van der Waals surface area contributed by atoms with E-state index in [2.05, 4.69) is 6.07 Å². The van der Waals surface area contributed by atoms with Crippen molar-refractivity contribution in [1.29, 1.82) is 0 Å². The number of aromatic carboxylic acids is 1. The molecular weight excluding hydrogens is 226 g/mol. The number of aromatic nitrogens is 1. The van der Waals surface area contributed by atoms with Crippen LogP contribution >= 0.6 is 0 Å². The van der Waals surface area contributed by atoms with Crippen LogP contribution < -0.4 is 0 Å². The van der Waals surface area contributed by atoms with Crippen LogP contribution in [0.5, 0.6) is 0 Å². The maximum atomic E-state index is 10.8. The molecule has 0 saturated heterocycles. The highest BCUT2D eigenvalue weighted by atomic mass is 16.4. The van der Waals surface area contributed by atoms with Crippen LogP contribution in [0.25, 0.3) is 16.6 Å². The van der Waals surface area contributed by atoms with Crippen LogP contribution in [0.4, 0.5) is 0 Å². The Bertz CT molecular complexity index is 711. The Labute approximate surface area is 104 Å². The summed E-state index contributed by atoms with van der Waals surface area (Å²) in [5, 5.41) is 10.0. The van der Waals surface area contributed by atoms with Crippen LogP contribution in [-0.2, 0) is 0 Å². The molecule has 0 radical (unpaired) electrons. The molecule has 1 aromatic heterocycles. The first kappa shape index (κ1) is 10.6. The molecule has 0 aliphatic rings. The molecule has 0 spiro atoms. The molecule has 0 saturated carbocycles. The summed E-state index contributed by atoms with van der Waals surface area (Å²) in [5.41, 5.74) is 2.37. The summed E-state index contributed by atoms with van der Waals surface area (Å²) >= 11 is 0. The third kappa shape index (κ3) is 1.66. The molecular formula is C15H11NO2. The molecule has 3 heteroatoms. The average molecular weight is 237 g/mol. The van der Waals surface area contributed by atoms with Gasteiger partial charge in [0.2, 0.25) is 0 Å². The quantitative estimate of drug-likeness (QED) is 0.742. The van der Waals surface area contributed by atoms with Gasteiger partial charge in [-0.15, -0.1) is 0 Å². The second-order valence-corrected chi connectivity index (χ2v) is 4.10. The molecule has 0 bridgehead atoms. The van der Waals surface area contributed by atoms with Crippen molar-refractivity contribution in [3.05, 3.63) is 66.4 Å². The third-order valence-electron chi connectivity index (χ3n) is 2.99. The maximum Gasteiger partial charge on any atom is 0.335 e. The van der Waals surface area contributed by atoms with E-state index in [9.17, 15) is 4.79 Å². The number of carboxylic acid groups (broad SMARTS) is 1. The molecule has 0 fully saturated rings.